The lowest BCUT2D eigenvalue weighted by molar-refractivity contribution is 0.279. The third kappa shape index (κ3) is 1.79. The number of hydrazone groups is 1. The molecule has 3 rings (SSSR count). The van der Waals surface area contributed by atoms with Gasteiger partial charge in [-0.15, -0.1) is 0 Å². The highest BCUT2D eigenvalue weighted by Gasteiger charge is 2.20. The quantitative estimate of drug-likeness (QED) is 0.842. The Morgan fingerprint density at radius 2 is 1.72 bits per heavy atom. The lowest BCUT2D eigenvalue weighted by atomic mass is 9.91. The summed E-state index contributed by atoms with van der Waals surface area (Å²) in [6, 6.07) is 16.1. The number of fused-ring (bicyclic) bond motifs is 1. The summed E-state index contributed by atoms with van der Waals surface area (Å²) in [4.78, 5) is 0. The number of aliphatic hydroxyl groups is 1. The van der Waals surface area contributed by atoms with Crippen molar-refractivity contribution >= 4 is 6.21 Å². The molecule has 0 fully saturated rings. The van der Waals surface area contributed by atoms with E-state index in [0.29, 0.717) is 0 Å². The van der Waals surface area contributed by atoms with E-state index in [0.717, 1.165) is 16.7 Å². The molecular weight excluding hydrogens is 224 g/mol. The molecule has 2 N–H and O–H groups in total. The Bertz CT molecular complexity index is 593. The SMILES string of the molecule is OCc1ccccc1C1NN=Cc2ccccc21. The minimum atomic E-state index is 0.00884. The Hall–Kier alpha value is -2.13. The number of benzene rings is 2. The van der Waals surface area contributed by atoms with Gasteiger partial charge in [0.1, 0.15) is 0 Å². The summed E-state index contributed by atoms with van der Waals surface area (Å²) in [5.41, 5.74) is 7.44. The number of nitrogens with one attached hydrogen (secondary N) is 1. The molecule has 0 aliphatic carbocycles. The average molecular weight is 238 g/mol. The third-order valence-corrected chi connectivity index (χ3v) is 3.25. The van der Waals surface area contributed by atoms with E-state index in [4.69, 9.17) is 0 Å². The molecular formula is C15H14N2O. The van der Waals surface area contributed by atoms with Gasteiger partial charge in [-0.2, -0.15) is 5.10 Å². The van der Waals surface area contributed by atoms with Crippen LogP contribution in [-0.4, -0.2) is 11.3 Å². The Kier molecular flexibility index (Phi) is 2.82. The molecule has 1 atom stereocenters. The summed E-state index contributed by atoms with van der Waals surface area (Å²) in [5.74, 6) is 0. The predicted molar refractivity (Wildman–Crippen MR) is 71.4 cm³/mol. The molecule has 1 heterocycles. The Morgan fingerprint density at radius 3 is 2.56 bits per heavy atom. The van der Waals surface area contributed by atoms with Crippen LogP contribution in [0.15, 0.2) is 53.6 Å². The normalized spacial score (nSPS) is 17.1. The fourth-order valence-electron chi connectivity index (χ4n) is 2.34. The van der Waals surface area contributed by atoms with Crippen LogP contribution in [0.1, 0.15) is 28.3 Å². The van der Waals surface area contributed by atoms with Gasteiger partial charge in [-0.3, -0.25) is 5.43 Å². The monoisotopic (exact) mass is 238 g/mol. The van der Waals surface area contributed by atoms with Crippen LogP contribution in [0.5, 0.6) is 0 Å². The summed E-state index contributed by atoms with van der Waals surface area (Å²) >= 11 is 0. The molecule has 0 saturated carbocycles. The smallest absolute Gasteiger partial charge is 0.0949 e. The van der Waals surface area contributed by atoms with Gasteiger partial charge in [0.2, 0.25) is 0 Å². The summed E-state index contributed by atoms with van der Waals surface area (Å²) in [6.45, 7) is 0.0419. The standard InChI is InChI=1S/C15H14N2O/c18-10-12-6-2-4-8-14(12)15-13-7-3-1-5-11(13)9-16-17-15/h1-9,15,17-18H,10H2. The molecule has 3 nitrogen and oxygen atoms in total. The first kappa shape index (κ1) is 11.0. The van der Waals surface area contributed by atoms with Crippen LogP contribution in [0, 0.1) is 0 Å². The van der Waals surface area contributed by atoms with Crippen LogP contribution in [0.25, 0.3) is 0 Å². The molecule has 0 spiro atoms. The highest BCUT2D eigenvalue weighted by Crippen LogP contribution is 2.28. The van der Waals surface area contributed by atoms with Crippen molar-refractivity contribution in [1.29, 1.82) is 0 Å². The highest BCUT2D eigenvalue weighted by atomic mass is 16.3. The molecule has 1 aliphatic heterocycles. The second kappa shape index (κ2) is 4.63. The fourth-order valence-corrected chi connectivity index (χ4v) is 2.34. The van der Waals surface area contributed by atoms with Crippen LogP contribution < -0.4 is 5.43 Å². The fraction of sp³-hybridized carbons (Fsp3) is 0.133. The lowest BCUT2D eigenvalue weighted by Gasteiger charge is -2.24. The zero-order valence-corrected chi connectivity index (χ0v) is 9.88. The minimum absolute atomic E-state index is 0.00884. The third-order valence-electron chi connectivity index (χ3n) is 3.25. The second-order valence-electron chi connectivity index (χ2n) is 4.31. The van der Waals surface area contributed by atoms with Gasteiger partial charge >= 0.3 is 0 Å². The largest absolute Gasteiger partial charge is 0.392 e. The minimum Gasteiger partial charge on any atom is -0.392 e. The maximum atomic E-state index is 9.43. The van der Waals surface area contributed by atoms with E-state index in [1.54, 1.807) is 0 Å². The van der Waals surface area contributed by atoms with Gasteiger partial charge in [0.15, 0.2) is 0 Å². The first-order chi connectivity index (χ1) is 8.90. The molecule has 0 aromatic heterocycles. The van der Waals surface area contributed by atoms with Gasteiger partial charge in [0.05, 0.1) is 18.9 Å². The highest BCUT2D eigenvalue weighted by molar-refractivity contribution is 5.83. The van der Waals surface area contributed by atoms with E-state index in [1.165, 1.54) is 5.56 Å². The predicted octanol–water partition coefficient (Wildman–Crippen LogP) is 2.21. The van der Waals surface area contributed by atoms with Crippen molar-refractivity contribution in [1.82, 2.24) is 5.43 Å². The van der Waals surface area contributed by atoms with Crippen LogP contribution in [-0.2, 0) is 6.61 Å². The number of hydrogen-bond donors (Lipinski definition) is 2. The molecule has 90 valence electrons. The molecule has 1 aliphatic rings. The van der Waals surface area contributed by atoms with E-state index in [-0.39, 0.29) is 12.6 Å². The number of rotatable bonds is 2. The zero-order valence-electron chi connectivity index (χ0n) is 9.88. The van der Waals surface area contributed by atoms with Gasteiger partial charge in [-0.05, 0) is 16.7 Å². The maximum Gasteiger partial charge on any atom is 0.0949 e. The van der Waals surface area contributed by atoms with Gasteiger partial charge in [0, 0.05) is 5.56 Å². The van der Waals surface area contributed by atoms with Crippen molar-refractivity contribution in [3.05, 3.63) is 70.8 Å². The van der Waals surface area contributed by atoms with Crippen molar-refractivity contribution in [2.75, 3.05) is 0 Å². The van der Waals surface area contributed by atoms with Crippen LogP contribution in [0.2, 0.25) is 0 Å². The molecule has 18 heavy (non-hydrogen) atoms. The van der Waals surface area contributed by atoms with Crippen LogP contribution in [0.3, 0.4) is 0 Å². The van der Waals surface area contributed by atoms with Crippen molar-refractivity contribution in [3.63, 3.8) is 0 Å². The Balaban J connectivity index is 2.11. The molecule has 2 aromatic carbocycles. The van der Waals surface area contributed by atoms with Gasteiger partial charge < -0.3 is 5.11 Å². The van der Waals surface area contributed by atoms with E-state index in [2.05, 4.69) is 16.6 Å². The number of aliphatic hydroxyl groups excluding tert-OH is 1. The topological polar surface area (TPSA) is 44.6 Å². The zero-order chi connectivity index (χ0) is 12.4. The van der Waals surface area contributed by atoms with Crippen LogP contribution in [0.4, 0.5) is 0 Å². The van der Waals surface area contributed by atoms with Crippen molar-refractivity contribution in [2.45, 2.75) is 12.6 Å². The Labute approximate surface area is 106 Å². The van der Waals surface area contributed by atoms with E-state index in [9.17, 15) is 5.11 Å². The lowest BCUT2D eigenvalue weighted by Crippen LogP contribution is -2.23. The molecule has 0 radical (unpaired) electrons. The maximum absolute atomic E-state index is 9.43. The molecule has 0 amide bonds. The Morgan fingerprint density at radius 1 is 1.00 bits per heavy atom. The van der Waals surface area contributed by atoms with Crippen molar-refractivity contribution < 1.29 is 5.11 Å². The number of nitrogens with zero attached hydrogens (tertiary/aromatic N) is 1. The number of hydrogen-bond acceptors (Lipinski definition) is 3. The van der Waals surface area contributed by atoms with E-state index in [1.807, 2.05) is 48.7 Å². The molecule has 1 unspecified atom stereocenters. The van der Waals surface area contributed by atoms with Gasteiger partial charge in [-0.1, -0.05) is 48.5 Å². The molecule has 3 heteroatoms. The van der Waals surface area contributed by atoms with Crippen molar-refractivity contribution in [2.24, 2.45) is 5.10 Å². The summed E-state index contributed by atoms with van der Waals surface area (Å²) in [7, 11) is 0. The summed E-state index contributed by atoms with van der Waals surface area (Å²) in [5, 5.41) is 13.6. The van der Waals surface area contributed by atoms with Crippen molar-refractivity contribution in [3.8, 4) is 0 Å². The average Bonchev–Trinajstić information content (AvgIpc) is 2.46. The molecule has 0 saturated heterocycles. The molecule has 0 bridgehead atoms. The molecule has 2 aromatic rings. The second-order valence-corrected chi connectivity index (χ2v) is 4.31. The summed E-state index contributed by atoms with van der Waals surface area (Å²) < 4.78 is 0. The first-order valence-corrected chi connectivity index (χ1v) is 5.96. The first-order valence-electron chi connectivity index (χ1n) is 5.96. The van der Waals surface area contributed by atoms with Gasteiger partial charge in [-0.25, -0.2) is 0 Å². The van der Waals surface area contributed by atoms with Crippen LogP contribution >= 0.6 is 0 Å². The van der Waals surface area contributed by atoms with E-state index < -0.39 is 0 Å². The van der Waals surface area contributed by atoms with E-state index >= 15 is 0 Å². The summed E-state index contributed by atoms with van der Waals surface area (Å²) in [6.07, 6.45) is 1.83. The van der Waals surface area contributed by atoms with Gasteiger partial charge in [0.25, 0.3) is 0 Å².